The minimum absolute atomic E-state index is 0.547. The molecule has 4 N–H and O–H groups in total. The SMILES string of the molecule is CSCCC(N)C(=O)ON. The van der Waals surface area contributed by atoms with Gasteiger partial charge in [0.1, 0.15) is 6.04 Å². The first-order valence-electron chi connectivity index (χ1n) is 2.87. The van der Waals surface area contributed by atoms with E-state index in [0.29, 0.717) is 6.42 Å². The second-order valence-electron chi connectivity index (χ2n) is 1.82. The predicted molar refractivity (Wildman–Crippen MR) is 41.3 cm³/mol. The van der Waals surface area contributed by atoms with E-state index in [1.807, 2.05) is 6.26 Å². The zero-order valence-electron chi connectivity index (χ0n) is 5.87. The molecule has 0 aliphatic rings. The van der Waals surface area contributed by atoms with E-state index < -0.39 is 12.0 Å². The summed E-state index contributed by atoms with van der Waals surface area (Å²) in [4.78, 5) is 14.5. The second kappa shape index (κ2) is 5.52. The van der Waals surface area contributed by atoms with E-state index in [1.165, 1.54) is 0 Å². The highest BCUT2D eigenvalue weighted by Crippen LogP contribution is 1.98. The Bertz CT molecular complexity index is 110. The summed E-state index contributed by atoms with van der Waals surface area (Å²) in [6, 6.07) is -0.572. The monoisotopic (exact) mass is 164 g/mol. The normalized spacial score (nSPS) is 12.7. The first-order valence-corrected chi connectivity index (χ1v) is 4.26. The average Bonchev–Trinajstić information content (AvgIpc) is 1.98. The average molecular weight is 164 g/mol. The Morgan fingerprint density at radius 3 is 2.80 bits per heavy atom. The van der Waals surface area contributed by atoms with Gasteiger partial charge in [0.2, 0.25) is 0 Å². The lowest BCUT2D eigenvalue weighted by atomic mass is 10.2. The first kappa shape index (κ1) is 9.74. The van der Waals surface area contributed by atoms with E-state index in [-0.39, 0.29) is 0 Å². The third-order valence-corrected chi connectivity index (χ3v) is 1.70. The van der Waals surface area contributed by atoms with Crippen molar-refractivity contribution in [1.29, 1.82) is 0 Å². The van der Waals surface area contributed by atoms with Gasteiger partial charge in [-0.3, -0.25) is 0 Å². The summed E-state index contributed by atoms with van der Waals surface area (Å²) in [6.45, 7) is 0. The van der Waals surface area contributed by atoms with Crippen molar-refractivity contribution in [3.63, 3.8) is 0 Å². The van der Waals surface area contributed by atoms with Crippen LogP contribution in [-0.4, -0.2) is 24.0 Å². The Morgan fingerprint density at radius 2 is 2.40 bits per heavy atom. The number of nitrogens with two attached hydrogens (primary N) is 2. The minimum atomic E-state index is -0.572. The summed E-state index contributed by atoms with van der Waals surface area (Å²) < 4.78 is 0. The lowest BCUT2D eigenvalue weighted by Crippen LogP contribution is -2.34. The van der Waals surface area contributed by atoms with E-state index in [9.17, 15) is 4.79 Å². The number of carbonyl (C=O) groups excluding carboxylic acids is 1. The summed E-state index contributed by atoms with van der Waals surface area (Å²) in [6.07, 6.45) is 2.55. The van der Waals surface area contributed by atoms with Crippen LogP contribution in [0.5, 0.6) is 0 Å². The van der Waals surface area contributed by atoms with E-state index in [0.717, 1.165) is 5.75 Å². The van der Waals surface area contributed by atoms with Crippen LogP contribution in [0.3, 0.4) is 0 Å². The lowest BCUT2D eigenvalue weighted by molar-refractivity contribution is -0.145. The van der Waals surface area contributed by atoms with Gasteiger partial charge in [-0.15, -0.1) is 0 Å². The van der Waals surface area contributed by atoms with Crippen LogP contribution in [-0.2, 0) is 9.63 Å². The van der Waals surface area contributed by atoms with Gasteiger partial charge in [-0.25, -0.2) is 4.79 Å². The van der Waals surface area contributed by atoms with Gasteiger partial charge in [0, 0.05) is 0 Å². The van der Waals surface area contributed by atoms with Crippen molar-refractivity contribution in [2.45, 2.75) is 12.5 Å². The maximum atomic E-state index is 10.5. The number of hydrogen-bond acceptors (Lipinski definition) is 5. The molecule has 1 atom stereocenters. The van der Waals surface area contributed by atoms with Crippen molar-refractivity contribution < 1.29 is 9.63 Å². The lowest BCUT2D eigenvalue weighted by Gasteiger charge is -2.05. The fraction of sp³-hybridized carbons (Fsp3) is 0.800. The maximum Gasteiger partial charge on any atom is 0.341 e. The summed E-state index contributed by atoms with van der Waals surface area (Å²) in [5, 5.41) is 0. The van der Waals surface area contributed by atoms with Crippen LogP contribution in [0.1, 0.15) is 6.42 Å². The van der Waals surface area contributed by atoms with Crippen molar-refractivity contribution >= 4 is 17.7 Å². The molecule has 0 saturated carbocycles. The molecule has 0 radical (unpaired) electrons. The van der Waals surface area contributed by atoms with Gasteiger partial charge >= 0.3 is 5.97 Å². The van der Waals surface area contributed by atoms with Crippen molar-refractivity contribution in [2.75, 3.05) is 12.0 Å². The van der Waals surface area contributed by atoms with Gasteiger partial charge in [-0.2, -0.15) is 17.7 Å². The Kier molecular flexibility index (Phi) is 5.38. The Balaban J connectivity index is 3.41. The molecule has 0 amide bonds. The maximum absolute atomic E-state index is 10.5. The van der Waals surface area contributed by atoms with Crippen LogP contribution in [0.2, 0.25) is 0 Å². The van der Waals surface area contributed by atoms with E-state index >= 15 is 0 Å². The largest absolute Gasteiger partial charge is 0.372 e. The van der Waals surface area contributed by atoms with Crippen LogP contribution >= 0.6 is 11.8 Å². The zero-order valence-corrected chi connectivity index (χ0v) is 6.69. The Labute approximate surface area is 64.2 Å². The number of carbonyl (C=O) groups is 1. The molecule has 0 rings (SSSR count). The van der Waals surface area contributed by atoms with Crippen LogP contribution in [0, 0.1) is 0 Å². The van der Waals surface area contributed by atoms with Gasteiger partial charge in [-0.05, 0) is 18.4 Å². The van der Waals surface area contributed by atoms with Gasteiger partial charge in [0.05, 0.1) is 0 Å². The zero-order chi connectivity index (χ0) is 7.98. The molecule has 0 aromatic heterocycles. The van der Waals surface area contributed by atoms with Gasteiger partial charge in [-0.1, -0.05) is 0 Å². The highest BCUT2D eigenvalue weighted by atomic mass is 32.2. The number of hydrogen-bond donors (Lipinski definition) is 2. The number of rotatable bonds is 4. The number of thioether (sulfide) groups is 1. The molecule has 0 bridgehead atoms. The fourth-order valence-corrected chi connectivity index (χ4v) is 0.940. The van der Waals surface area contributed by atoms with E-state index in [2.05, 4.69) is 10.7 Å². The van der Waals surface area contributed by atoms with Gasteiger partial charge < -0.3 is 10.6 Å². The highest BCUT2D eigenvalue weighted by Gasteiger charge is 2.12. The van der Waals surface area contributed by atoms with Crippen molar-refractivity contribution in [1.82, 2.24) is 0 Å². The van der Waals surface area contributed by atoms with E-state index in [4.69, 9.17) is 5.73 Å². The molecular weight excluding hydrogens is 152 g/mol. The second-order valence-corrected chi connectivity index (χ2v) is 2.81. The van der Waals surface area contributed by atoms with Crippen molar-refractivity contribution in [3.8, 4) is 0 Å². The molecule has 60 valence electrons. The Morgan fingerprint density at radius 1 is 1.80 bits per heavy atom. The van der Waals surface area contributed by atoms with E-state index in [1.54, 1.807) is 11.8 Å². The van der Waals surface area contributed by atoms with Crippen molar-refractivity contribution in [2.24, 2.45) is 11.6 Å². The standard InChI is InChI=1S/C5H12N2O2S/c1-10-3-2-4(6)5(8)9-7/h4H,2-3,6-7H2,1H3. The summed E-state index contributed by atoms with van der Waals surface area (Å²) >= 11 is 1.63. The molecule has 0 aliphatic carbocycles. The molecule has 0 heterocycles. The minimum Gasteiger partial charge on any atom is -0.372 e. The van der Waals surface area contributed by atoms with Crippen LogP contribution in [0.25, 0.3) is 0 Å². The molecule has 1 unspecified atom stereocenters. The quantitative estimate of drug-likeness (QED) is 0.547. The third kappa shape index (κ3) is 3.71. The Hall–Kier alpha value is -0.260. The highest BCUT2D eigenvalue weighted by molar-refractivity contribution is 7.98. The molecule has 4 nitrogen and oxygen atoms in total. The van der Waals surface area contributed by atoms with Gasteiger partial charge in [0.15, 0.2) is 0 Å². The molecule has 0 aromatic carbocycles. The molecule has 0 aromatic rings. The summed E-state index contributed by atoms with van der Waals surface area (Å²) in [7, 11) is 0. The fourth-order valence-electron chi connectivity index (χ4n) is 0.450. The first-order chi connectivity index (χ1) is 4.72. The predicted octanol–water partition coefficient (Wildman–Crippen LogP) is -0.516. The third-order valence-electron chi connectivity index (χ3n) is 1.05. The van der Waals surface area contributed by atoms with Crippen LogP contribution < -0.4 is 11.6 Å². The molecule has 0 fully saturated rings. The molecule has 0 spiro atoms. The van der Waals surface area contributed by atoms with Crippen LogP contribution in [0.4, 0.5) is 0 Å². The van der Waals surface area contributed by atoms with Crippen molar-refractivity contribution in [3.05, 3.63) is 0 Å². The molecule has 5 heteroatoms. The van der Waals surface area contributed by atoms with Gasteiger partial charge in [0.25, 0.3) is 0 Å². The summed E-state index contributed by atoms with van der Waals surface area (Å²) in [5.74, 6) is 4.90. The molecule has 10 heavy (non-hydrogen) atoms. The molecule has 0 saturated heterocycles. The molecular formula is C5H12N2O2S. The topological polar surface area (TPSA) is 78.3 Å². The summed E-state index contributed by atoms with van der Waals surface area (Å²) in [5.41, 5.74) is 5.35. The molecule has 0 aliphatic heterocycles. The smallest absolute Gasteiger partial charge is 0.341 e. The van der Waals surface area contributed by atoms with Crippen LogP contribution in [0.15, 0.2) is 0 Å².